The first-order chi connectivity index (χ1) is 12.8. The molecule has 0 saturated heterocycles. The summed E-state index contributed by atoms with van der Waals surface area (Å²) in [6.45, 7) is -2.96. The second-order valence-corrected chi connectivity index (χ2v) is 9.00. The molecular weight excluding hydrogens is 376 g/mol. The summed E-state index contributed by atoms with van der Waals surface area (Å²) in [6, 6.07) is 6.24. The third-order valence-electron chi connectivity index (χ3n) is 4.77. The Labute approximate surface area is 156 Å². The quantitative estimate of drug-likeness (QED) is 0.833. The second-order valence-electron chi connectivity index (χ2n) is 6.68. The molecule has 2 atom stereocenters. The highest BCUT2D eigenvalue weighted by molar-refractivity contribution is 7.91. The molecule has 27 heavy (non-hydrogen) atoms. The van der Waals surface area contributed by atoms with Crippen LogP contribution in [0.4, 0.5) is 14.5 Å². The monoisotopic (exact) mass is 395 g/mol. The predicted molar refractivity (Wildman–Crippen MR) is 97.6 cm³/mol. The van der Waals surface area contributed by atoms with Gasteiger partial charge in [-0.25, -0.2) is 8.42 Å². The van der Waals surface area contributed by atoms with Gasteiger partial charge in [0.05, 0.1) is 22.0 Å². The van der Waals surface area contributed by atoms with Crippen LogP contribution in [0, 0.1) is 11.3 Å². The van der Waals surface area contributed by atoms with Crippen molar-refractivity contribution >= 4 is 26.4 Å². The smallest absolute Gasteiger partial charge is 0.387 e. The van der Waals surface area contributed by atoms with E-state index < -0.39 is 21.7 Å². The maximum absolute atomic E-state index is 12.5. The van der Waals surface area contributed by atoms with Crippen LogP contribution >= 0.6 is 0 Å². The highest BCUT2D eigenvalue weighted by Crippen LogP contribution is 2.33. The summed E-state index contributed by atoms with van der Waals surface area (Å²) in [5, 5.41) is 12.7. The van der Waals surface area contributed by atoms with Gasteiger partial charge in [0.25, 0.3) is 0 Å². The van der Waals surface area contributed by atoms with E-state index in [-0.39, 0.29) is 17.4 Å². The summed E-state index contributed by atoms with van der Waals surface area (Å²) >= 11 is 0. The van der Waals surface area contributed by atoms with E-state index in [9.17, 15) is 22.5 Å². The summed E-state index contributed by atoms with van der Waals surface area (Å²) in [5.74, 6) is -0.0323. The molecule has 1 fully saturated rings. The number of pyridine rings is 1. The molecule has 0 aliphatic heterocycles. The zero-order valence-corrected chi connectivity index (χ0v) is 15.5. The Morgan fingerprint density at radius 1 is 1.37 bits per heavy atom. The number of nitriles is 1. The maximum Gasteiger partial charge on any atom is 0.387 e. The van der Waals surface area contributed by atoms with E-state index in [0.29, 0.717) is 29.4 Å². The van der Waals surface area contributed by atoms with Crippen molar-refractivity contribution < 1.29 is 21.9 Å². The molecule has 1 N–H and O–H groups in total. The summed E-state index contributed by atoms with van der Waals surface area (Å²) in [6.07, 6.45) is 5.20. The Kier molecular flexibility index (Phi) is 5.46. The number of rotatable bonds is 5. The van der Waals surface area contributed by atoms with Crippen LogP contribution < -0.4 is 10.1 Å². The number of hydrogen-bond acceptors (Lipinski definition) is 6. The van der Waals surface area contributed by atoms with Gasteiger partial charge in [0.15, 0.2) is 0 Å². The van der Waals surface area contributed by atoms with Gasteiger partial charge in [0.1, 0.15) is 21.7 Å². The number of aromatic nitrogens is 1. The minimum atomic E-state index is -3.15. The number of nitrogens with zero attached hydrogens (tertiary/aromatic N) is 2. The number of hydrogen-bond donors (Lipinski definition) is 1. The molecule has 1 aromatic carbocycles. The van der Waals surface area contributed by atoms with Crippen molar-refractivity contribution in [3.63, 3.8) is 0 Å². The van der Waals surface area contributed by atoms with Crippen LogP contribution in [0.15, 0.2) is 24.4 Å². The average Bonchev–Trinajstić information content (AvgIpc) is 2.61. The van der Waals surface area contributed by atoms with Crippen molar-refractivity contribution in [2.45, 2.75) is 43.6 Å². The lowest BCUT2D eigenvalue weighted by Gasteiger charge is -2.30. The average molecular weight is 395 g/mol. The molecule has 9 heteroatoms. The lowest BCUT2D eigenvalue weighted by atomic mass is 9.94. The molecule has 0 amide bonds. The Morgan fingerprint density at radius 2 is 2.15 bits per heavy atom. The first-order valence-corrected chi connectivity index (χ1v) is 10.5. The summed E-state index contributed by atoms with van der Waals surface area (Å²) < 4.78 is 53.3. The molecule has 1 aliphatic carbocycles. The van der Waals surface area contributed by atoms with Crippen molar-refractivity contribution in [2.75, 3.05) is 11.6 Å². The van der Waals surface area contributed by atoms with Gasteiger partial charge in [0.2, 0.25) is 0 Å². The molecule has 0 bridgehead atoms. The van der Waals surface area contributed by atoms with E-state index in [1.54, 1.807) is 6.07 Å². The van der Waals surface area contributed by atoms with Crippen LogP contribution in [0.5, 0.6) is 5.75 Å². The number of fused-ring (bicyclic) bond motifs is 1. The minimum Gasteiger partial charge on any atom is -0.435 e. The molecule has 2 aromatic rings. The van der Waals surface area contributed by atoms with Crippen molar-refractivity contribution in [3.8, 4) is 11.8 Å². The Morgan fingerprint density at radius 3 is 2.81 bits per heavy atom. The van der Waals surface area contributed by atoms with Crippen LogP contribution in [-0.4, -0.2) is 37.6 Å². The Hall–Kier alpha value is -2.47. The molecule has 1 aromatic heterocycles. The largest absolute Gasteiger partial charge is 0.435 e. The van der Waals surface area contributed by atoms with E-state index in [1.165, 1.54) is 24.6 Å². The summed E-state index contributed by atoms with van der Waals surface area (Å²) in [4.78, 5) is 4.18. The number of alkyl halides is 2. The first kappa shape index (κ1) is 19.3. The Balaban J connectivity index is 1.97. The first-order valence-electron chi connectivity index (χ1n) is 8.51. The molecule has 0 spiro atoms. The van der Waals surface area contributed by atoms with Crippen LogP contribution in [0.25, 0.3) is 10.9 Å². The van der Waals surface area contributed by atoms with E-state index >= 15 is 0 Å². The number of halogens is 2. The highest BCUT2D eigenvalue weighted by atomic mass is 32.2. The fraction of sp³-hybridized carbons (Fsp3) is 0.444. The van der Waals surface area contributed by atoms with Gasteiger partial charge in [0, 0.05) is 23.9 Å². The molecule has 1 heterocycles. The van der Waals surface area contributed by atoms with Crippen molar-refractivity contribution in [2.24, 2.45) is 0 Å². The minimum absolute atomic E-state index is 0.0323. The van der Waals surface area contributed by atoms with E-state index in [1.807, 2.05) is 6.07 Å². The number of nitrogens with one attached hydrogen (secondary N) is 1. The maximum atomic E-state index is 12.5. The van der Waals surface area contributed by atoms with Crippen molar-refractivity contribution in [1.82, 2.24) is 4.98 Å². The predicted octanol–water partition coefficient (Wildman–Crippen LogP) is 3.48. The van der Waals surface area contributed by atoms with E-state index in [0.717, 1.165) is 12.8 Å². The SMILES string of the molecule is CS(=O)(=O)C1CCCC(Nc2c(C#N)cnc3ccc(OC(F)F)cc23)C1. The van der Waals surface area contributed by atoms with Gasteiger partial charge in [-0.3, -0.25) is 4.98 Å². The molecule has 6 nitrogen and oxygen atoms in total. The summed E-state index contributed by atoms with van der Waals surface area (Å²) in [7, 11) is -3.15. The number of sulfone groups is 1. The van der Waals surface area contributed by atoms with Gasteiger partial charge < -0.3 is 10.1 Å². The standard InChI is InChI=1S/C18H19F2N3O3S/c1-27(24,25)14-4-2-3-12(7-14)23-17-11(9-21)10-22-16-6-5-13(8-15(16)17)26-18(19)20/h5-6,8,10,12,14,18H,2-4,7H2,1H3,(H,22,23). The number of ether oxygens (including phenoxy) is 1. The molecular formula is C18H19F2N3O3S. The Bertz CT molecular complexity index is 989. The van der Waals surface area contributed by atoms with E-state index in [4.69, 9.17) is 0 Å². The molecule has 0 radical (unpaired) electrons. The van der Waals surface area contributed by atoms with Gasteiger partial charge in [-0.1, -0.05) is 6.42 Å². The summed E-state index contributed by atoms with van der Waals surface area (Å²) in [5.41, 5.74) is 1.24. The van der Waals surface area contributed by atoms with Crippen LogP contribution in [0.2, 0.25) is 0 Å². The molecule has 2 unspecified atom stereocenters. The highest BCUT2D eigenvalue weighted by Gasteiger charge is 2.29. The number of anilines is 1. The van der Waals surface area contributed by atoms with Gasteiger partial charge in [-0.15, -0.1) is 0 Å². The fourth-order valence-electron chi connectivity index (χ4n) is 3.46. The second kappa shape index (κ2) is 7.64. The molecule has 1 aliphatic rings. The van der Waals surface area contributed by atoms with Gasteiger partial charge >= 0.3 is 6.61 Å². The van der Waals surface area contributed by atoms with Crippen molar-refractivity contribution in [3.05, 3.63) is 30.0 Å². The van der Waals surface area contributed by atoms with Gasteiger partial charge in [-0.05, 0) is 37.5 Å². The molecule has 1 saturated carbocycles. The zero-order valence-electron chi connectivity index (χ0n) is 14.7. The van der Waals surface area contributed by atoms with E-state index in [2.05, 4.69) is 15.0 Å². The van der Waals surface area contributed by atoms with Gasteiger partial charge in [-0.2, -0.15) is 14.0 Å². The lowest BCUT2D eigenvalue weighted by Crippen LogP contribution is -2.34. The van der Waals surface area contributed by atoms with Crippen molar-refractivity contribution in [1.29, 1.82) is 5.26 Å². The normalized spacial score (nSPS) is 20.4. The van der Waals surface area contributed by atoms with Crippen LogP contribution in [-0.2, 0) is 9.84 Å². The third kappa shape index (κ3) is 4.45. The molecule has 144 valence electrons. The number of benzene rings is 1. The topological polar surface area (TPSA) is 92.1 Å². The molecule has 3 rings (SSSR count). The zero-order chi connectivity index (χ0) is 19.6. The third-order valence-corrected chi connectivity index (χ3v) is 6.40. The lowest BCUT2D eigenvalue weighted by molar-refractivity contribution is -0.0497. The van der Waals surface area contributed by atoms with Crippen LogP contribution in [0.3, 0.4) is 0 Å². The van der Waals surface area contributed by atoms with Crippen LogP contribution in [0.1, 0.15) is 31.2 Å². The fourth-order valence-corrected chi connectivity index (χ4v) is 4.63.